The molecule has 6 rings (SSSR count). The highest BCUT2D eigenvalue weighted by molar-refractivity contribution is 5.92. The van der Waals surface area contributed by atoms with Crippen molar-refractivity contribution in [1.82, 2.24) is 20.0 Å². The number of rotatable bonds is 11. The number of piperidine rings is 1. The van der Waals surface area contributed by atoms with Crippen molar-refractivity contribution in [1.29, 1.82) is 0 Å². The van der Waals surface area contributed by atoms with Crippen LogP contribution in [0.2, 0.25) is 0 Å². The molecule has 0 aliphatic carbocycles. The molecule has 0 bridgehead atoms. The molecule has 0 saturated carbocycles. The Morgan fingerprint density at radius 3 is 1.80 bits per heavy atom. The van der Waals surface area contributed by atoms with E-state index < -0.39 is 12.1 Å². The minimum absolute atomic E-state index is 0.110. The molecule has 13 heteroatoms. The molecule has 10 nitrogen and oxygen atoms in total. The van der Waals surface area contributed by atoms with E-state index in [1.807, 2.05) is 11.0 Å². The molecule has 2 amide bonds. The standard InChI is InChI=1S/C40H47N5O3.C2HF3O2/c1-2-48-39(46)36-16-18-37(19-17-36)42-40(47)45(38-20-24-43(25-21-38)28-31-6-4-3-5-7-31)30-33-10-14-35(15-11-33)34-12-8-32(9-13-34)29-44-26-22-41-23-27-44;3-2(4,5)1(6)7/h3-19,38,41H,2,20-30H2,1H3,(H,42,47);(H,6,7). The number of nitrogens with one attached hydrogen (secondary N) is 2. The molecule has 2 aliphatic heterocycles. The van der Waals surface area contributed by atoms with E-state index in [0.717, 1.165) is 70.8 Å². The normalized spacial score (nSPS) is 15.3. The second kappa shape index (κ2) is 19.9. The summed E-state index contributed by atoms with van der Waals surface area (Å²) in [5.41, 5.74) is 7.21. The highest BCUT2D eigenvalue weighted by atomic mass is 19.4. The third-order valence-electron chi connectivity index (χ3n) is 9.61. The second-order valence-corrected chi connectivity index (χ2v) is 13.6. The Hall–Kier alpha value is -5.24. The van der Waals surface area contributed by atoms with Gasteiger partial charge in [0.2, 0.25) is 0 Å². The van der Waals surface area contributed by atoms with Gasteiger partial charge in [0.1, 0.15) is 0 Å². The molecule has 3 N–H and O–H groups in total. The number of amides is 2. The number of alkyl halides is 3. The van der Waals surface area contributed by atoms with Crippen molar-refractivity contribution in [2.75, 3.05) is 51.2 Å². The van der Waals surface area contributed by atoms with Gasteiger partial charge in [0.15, 0.2) is 0 Å². The van der Waals surface area contributed by atoms with Crippen LogP contribution in [0.25, 0.3) is 11.1 Å². The fraction of sp³-hybridized carbons (Fsp3) is 0.357. The maximum Gasteiger partial charge on any atom is 0.490 e. The molecule has 2 heterocycles. The fourth-order valence-electron chi connectivity index (χ4n) is 6.63. The molecule has 55 heavy (non-hydrogen) atoms. The molecular weight excluding hydrogens is 711 g/mol. The molecular formula is C42H48F3N5O5. The van der Waals surface area contributed by atoms with Gasteiger partial charge in [-0.1, -0.05) is 78.9 Å². The number of hydrogen-bond acceptors (Lipinski definition) is 7. The number of halogens is 3. The monoisotopic (exact) mass is 759 g/mol. The minimum Gasteiger partial charge on any atom is -0.475 e. The molecule has 0 atom stereocenters. The third-order valence-corrected chi connectivity index (χ3v) is 9.61. The Morgan fingerprint density at radius 2 is 1.27 bits per heavy atom. The topological polar surface area (TPSA) is 114 Å². The first-order valence-electron chi connectivity index (χ1n) is 18.5. The zero-order valence-corrected chi connectivity index (χ0v) is 30.9. The van der Waals surface area contributed by atoms with Crippen LogP contribution in [0.1, 0.15) is 46.8 Å². The summed E-state index contributed by atoms with van der Waals surface area (Å²) in [6.07, 6.45) is -3.28. The number of benzene rings is 4. The average Bonchev–Trinajstić information content (AvgIpc) is 3.19. The number of carbonyl (C=O) groups is 3. The summed E-state index contributed by atoms with van der Waals surface area (Å²) in [6.45, 7) is 10.7. The van der Waals surface area contributed by atoms with Crippen LogP contribution in [0.4, 0.5) is 23.7 Å². The number of anilines is 1. The Kier molecular flexibility index (Phi) is 14.8. The largest absolute Gasteiger partial charge is 0.490 e. The minimum atomic E-state index is -5.08. The lowest BCUT2D eigenvalue weighted by atomic mass is 10.00. The highest BCUT2D eigenvalue weighted by Crippen LogP contribution is 2.25. The number of nitrogens with zero attached hydrogens (tertiary/aromatic N) is 3. The van der Waals surface area contributed by atoms with Crippen molar-refractivity contribution in [2.45, 2.75) is 51.6 Å². The maximum atomic E-state index is 13.9. The van der Waals surface area contributed by atoms with Gasteiger partial charge in [-0.3, -0.25) is 9.80 Å². The number of likely N-dealkylation sites (tertiary alicyclic amines) is 1. The molecule has 2 fully saturated rings. The van der Waals surface area contributed by atoms with Crippen LogP contribution in [-0.2, 0) is 29.2 Å². The van der Waals surface area contributed by atoms with Crippen molar-refractivity contribution in [3.05, 3.63) is 125 Å². The maximum absolute atomic E-state index is 13.9. The SMILES string of the molecule is CCOC(=O)c1ccc(NC(=O)N(Cc2ccc(-c3ccc(CN4CCNCC4)cc3)cc2)C2CCN(Cc3ccccc3)CC2)cc1.O=C(O)C(F)(F)F. The lowest BCUT2D eigenvalue weighted by Gasteiger charge is -2.38. The van der Waals surface area contributed by atoms with Crippen molar-refractivity contribution in [3.8, 4) is 11.1 Å². The summed E-state index contributed by atoms with van der Waals surface area (Å²) in [6, 6.07) is 34.9. The van der Waals surface area contributed by atoms with Gasteiger partial charge >= 0.3 is 24.1 Å². The number of esters is 1. The molecule has 292 valence electrons. The van der Waals surface area contributed by atoms with E-state index >= 15 is 0 Å². The summed E-state index contributed by atoms with van der Waals surface area (Å²) in [7, 11) is 0. The van der Waals surface area contributed by atoms with Gasteiger partial charge in [0.05, 0.1) is 12.2 Å². The number of ether oxygens (including phenoxy) is 1. The predicted molar refractivity (Wildman–Crippen MR) is 205 cm³/mol. The van der Waals surface area contributed by atoms with E-state index in [4.69, 9.17) is 14.6 Å². The van der Waals surface area contributed by atoms with Crippen LogP contribution in [0.15, 0.2) is 103 Å². The van der Waals surface area contributed by atoms with Crippen LogP contribution in [-0.4, -0.2) is 95.9 Å². The van der Waals surface area contributed by atoms with E-state index in [0.29, 0.717) is 24.4 Å². The fourth-order valence-corrected chi connectivity index (χ4v) is 6.63. The Labute approximate surface area is 319 Å². The van der Waals surface area contributed by atoms with Crippen LogP contribution >= 0.6 is 0 Å². The second-order valence-electron chi connectivity index (χ2n) is 13.6. The van der Waals surface area contributed by atoms with E-state index in [2.05, 4.69) is 93.2 Å². The van der Waals surface area contributed by atoms with Gasteiger partial charge in [-0.25, -0.2) is 14.4 Å². The highest BCUT2D eigenvalue weighted by Gasteiger charge is 2.38. The Balaban J connectivity index is 0.000000757. The number of urea groups is 1. The predicted octanol–water partition coefficient (Wildman–Crippen LogP) is 7.27. The van der Waals surface area contributed by atoms with Crippen molar-refractivity contribution in [2.24, 2.45) is 0 Å². The molecule has 2 saturated heterocycles. The third kappa shape index (κ3) is 12.7. The van der Waals surface area contributed by atoms with E-state index in [1.54, 1.807) is 31.2 Å². The number of carboxylic acids is 1. The molecule has 4 aromatic carbocycles. The lowest BCUT2D eigenvalue weighted by molar-refractivity contribution is -0.192. The molecule has 4 aromatic rings. The molecule has 0 unspecified atom stereocenters. The van der Waals surface area contributed by atoms with Gasteiger partial charge in [-0.05, 0) is 71.8 Å². The molecule has 0 spiro atoms. The lowest BCUT2D eigenvalue weighted by Crippen LogP contribution is -2.48. The van der Waals surface area contributed by atoms with E-state index in [1.165, 1.54) is 22.3 Å². The number of hydrogen-bond donors (Lipinski definition) is 3. The zero-order valence-electron chi connectivity index (χ0n) is 30.9. The van der Waals surface area contributed by atoms with Crippen LogP contribution in [0.3, 0.4) is 0 Å². The van der Waals surface area contributed by atoms with Crippen molar-refractivity contribution in [3.63, 3.8) is 0 Å². The van der Waals surface area contributed by atoms with Gasteiger partial charge in [-0.15, -0.1) is 0 Å². The van der Waals surface area contributed by atoms with Gasteiger partial charge in [0, 0.05) is 70.6 Å². The van der Waals surface area contributed by atoms with Crippen molar-refractivity contribution < 1.29 is 37.4 Å². The van der Waals surface area contributed by atoms with E-state index in [-0.39, 0.29) is 18.0 Å². The van der Waals surface area contributed by atoms with Crippen LogP contribution in [0.5, 0.6) is 0 Å². The first-order chi connectivity index (χ1) is 26.5. The number of piperazine rings is 1. The van der Waals surface area contributed by atoms with Crippen LogP contribution in [0, 0.1) is 0 Å². The molecule has 0 radical (unpaired) electrons. The first kappa shape index (κ1) is 40.9. The summed E-state index contributed by atoms with van der Waals surface area (Å²) >= 11 is 0. The number of carboxylic acid groups (broad SMARTS) is 1. The van der Waals surface area contributed by atoms with Gasteiger partial charge < -0.3 is 25.4 Å². The molecule has 2 aliphatic rings. The van der Waals surface area contributed by atoms with E-state index in [9.17, 15) is 22.8 Å². The zero-order chi connectivity index (χ0) is 39.2. The summed E-state index contributed by atoms with van der Waals surface area (Å²) in [5.74, 6) is -3.12. The number of aliphatic carboxylic acids is 1. The summed E-state index contributed by atoms with van der Waals surface area (Å²) < 4.78 is 36.8. The molecule has 0 aromatic heterocycles. The quantitative estimate of drug-likeness (QED) is 0.137. The Morgan fingerprint density at radius 1 is 0.764 bits per heavy atom. The summed E-state index contributed by atoms with van der Waals surface area (Å²) in [5, 5.41) is 13.6. The van der Waals surface area contributed by atoms with Gasteiger partial charge in [0.25, 0.3) is 0 Å². The smallest absolute Gasteiger partial charge is 0.475 e. The number of carbonyl (C=O) groups excluding carboxylic acids is 2. The van der Waals surface area contributed by atoms with Crippen molar-refractivity contribution >= 4 is 23.7 Å². The van der Waals surface area contributed by atoms with Gasteiger partial charge in [-0.2, -0.15) is 13.2 Å². The van der Waals surface area contributed by atoms with Crippen LogP contribution < -0.4 is 10.6 Å². The Bertz CT molecular complexity index is 1810. The first-order valence-corrected chi connectivity index (χ1v) is 18.5. The average molecular weight is 760 g/mol. The summed E-state index contributed by atoms with van der Waals surface area (Å²) in [4.78, 5) is 41.8.